The molecule has 1 atom stereocenters. The first-order valence-corrected chi connectivity index (χ1v) is 8.63. The summed E-state index contributed by atoms with van der Waals surface area (Å²) in [5.41, 5.74) is 3.54. The summed E-state index contributed by atoms with van der Waals surface area (Å²) in [5.74, 6) is 1.99. The number of para-hydroxylation sites is 1. The number of aromatic amines is 1. The summed E-state index contributed by atoms with van der Waals surface area (Å²) in [4.78, 5) is 20.6. The number of aromatic nitrogens is 2. The van der Waals surface area contributed by atoms with Gasteiger partial charge in [-0.2, -0.15) is 11.8 Å². The lowest BCUT2D eigenvalue weighted by Gasteiger charge is -2.21. The lowest BCUT2D eigenvalue weighted by atomic mass is 10.1. The fraction of sp³-hybridized carbons (Fsp3) is 0.294. The maximum atomic E-state index is 12.7. The third-order valence-electron chi connectivity index (χ3n) is 4.17. The van der Waals surface area contributed by atoms with E-state index in [9.17, 15) is 4.79 Å². The van der Waals surface area contributed by atoms with Gasteiger partial charge in [-0.3, -0.25) is 4.79 Å². The predicted molar refractivity (Wildman–Crippen MR) is 91.8 cm³/mol. The summed E-state index contributed by atoms with van der Waals surface area (Å²) in [7, 11) is 0. The van der Waals surface area contributed by atoms with E-state index in [1.165, 1.54) is 0 Å². The Morgan fingerprint density at radius 3 is 3.00 bits per heavy atom. The molecule has 1 aliphatic rings. The Morgan fingerprint density at radius 2 is 2.18 bits per heavy atom. The molecule has 1 unspecified atom stereocenters. The average molecular weight is 311 g/mol. The van der Waals surface area contributed by atoms with Crippen LogP contribution in [0.1, 0.15) is 16.2 Å². The normalized spacial score (nSPS) is 18.9. The summed E-state index contributed by atoms with van der Waals surface area (Å²) < 4.78 is 0. The zero-order valence-electron chi connectivity index (χ0n) is 12.3. The number of carbonyl (C=O) groups excluding carboxylic acids is 1. The second-order valence-corrected chi connectivity index (χ2v) is 6.78. The average Bonchev–Trinajstić information content (AvgIpc) is 2.94. The van der Waals surface area contributed by atoms with Crippen molar-refractivity contribution in [3.63, 3.8) is 0 Å². The van der Waals surface area contributed by atoms with Gasteiger partial charge in [-0.05, 0) is 19.1 Å². The van der Waals surface area contributed by atoms with Gasteiger partial charge in [0.25, 0.3) is 0 Å². The zero-order chi connectivity index (χ0) is 15.1. The van der Waals surface area contributed by atoms with Crippen LogP contribution in [0.5, 0.6) is 0 Å². The number of nitrogens with zero attached hydrogens (tertiary/aromatic N) is 1. The molecule has 3 aromatic rings. The number of ketones is 1. The van der Waals surface area contributed by atoms with Gasteiger partial charge in [-0.1, -0.05) is 18.2 Å². The molecule has 3 heterocycles. The number of aryl methyl sites for hydroxylation is 1. The van der Waals surface area contributed by atoms with E-state index in [4.69, 9.17) is 0 Å². The lowest BCUT2D eigenvalue weighted by Crippen LogP contribution is -2.43. The molecule has 2 N–H and O–H groups in total. The summed E-state index contributed by atoms with van der Waals surface area (Å²) in [6.07, 6.45) is 0. The number of pyridine rings is 1. The molecule has 1 saturated heterocycles. The number of rotatable bonds is 2. The maximum Gasteiger partial charge on any atom is 0.198 e. The second-order valence-electron chi connectivity index (χ2n) is 5.63. The fourth-order valence-corrected chi connectivity index (χ4v) is 3.98. The van der Waals surface area contributed by atoms with Crippen molar-refractivity contribution in [2.45, 2.75) is 13.0 Å². The maximum absolute atomic E-state index is 12.7. The van der Waals surface area contributed by atoms with Crippen molar-refractivity contribution in [2.24, 2.45) is 0 Å². The van der Waals surface area contributed by atoms with Crippen LogP contribution in [0.4, 0.5) is 0 Å². The third kappa shape index (κ3) is 2.21. The van der Waals surface area contributed by atoms with Crippen molar-refractivity contribution in [1.29, 1.82) is 0 Å². The number of hydrogen-bond acceptors (Lipinski definition) is 4. The van der Waals surface area contributed by atoms with Gasteiger partial charge in [0, 0.05) is 34.3 Å². The van der Waals surface area contributed by atoms with Crippen LogP contribution < -0.4 is 5.32 Å². The van der Waals surface area contributed by atoms with Crippen molar-refractivity contribution >= 4 is 39.4 Å². The number of fused-ring (bicyclic) bond motifs is 3. The molecule has 0 aliphatic carbocycles. The molecule has 22 heavy (non-hydrogen) atoms. The van der Waals surface area contributed by atoms with Crippen LogP contribution in [0.25, 0.3) is 21.8 Å². The minimum absolute atomic E-state index is 0.0995. The molecule has 1 aliphatic heterocycles. The summed E-state index contributed by atoms with van der Waals surface area (Å²) >= 11 is 1.82. The first-order valence-electron chi connectivity index (χ1n) is 7.47. The number of benzene rings is 1. The summed E-state index contributed by atoms with van der Waals surface area (Å²) in [6, 6.07) is 9.98. The Labute approximate surface area is 132 Å². The molecule has 0 amide bonds. The smallest absolute Gasteiger partial charge is 0.198 e. The number of thioether (sulfide) groups is 1. The molecular weight excluding hydrogens is 294 g/mol. The highest BCUT2D eigenvalue weighted by Gasteiger charge is 2.24. The topological polar surface area (TPSA) is 57.8 Å². The summed E-state index contributed by atoms with van der Waals surface area (Å²) in [5, 5.41) is 5.52. The minimum atomic E-state index is -0.117. The van der Waals surface area contributed by atoms with Gasteiger partial charge < -0.3 is 10.3 Å². The van der Waals surface area contributed by atoms with Gasteiger partial charge in [0.2, 0.25) is 0 Å². The highest BCUT2D eigenvalue weighted by Crippen LogP contribution is 2.27. The van der Waals surface area contributed by atoms with Crippen LogP contribution in [-0.2, 0) is 0 Å². The number of Topliss-reactive ketones (excluding diaryl/α,β-unsaturated/α-hetero) is 1. The highest BCUT2D eigenvalue weighted by atomic mass is 32.2. The minimum Gasteiger partial charge on any atom is -0.353 e. The molecule has 5 heteroatoms. The summed E-state index contributed by atoms with van der Waals surface area (Å²) in [6.45, 7) is 2.84. The molecule has 0 spiro atoms. The van der Waals surface area contributed by atoms with E-state index in [0.29, 0.717) is 5.69 Å². The van der Waals surface area contributed by atoms with Crippen LogP contribution >= 0.6 is 11.8 Å². The van der Waals surface area contributed by atoms with E-state index >= 15 is 0 Å². The predicted octanol–water partition coefficient (Wildman–Crippen LogP) is 2.91. The van der Waals surface area contributed by atoms with Crippen molar-refractivity contribution in [2.75, 3.05) is 18.1 Å². The van der Waals surface area contributed by atoms with Crippen LogP contribution in [-0.4, -0.2) is 39.8 Å². The first-order chi connectivity index (χ1) is 10.7. The van der Waals surface area contributed by atoms with Crippen LogP contribution in [0.2, 0.25) is 0 Å². The van der Waals surface area contributed by atoms with Gasteiger partial charge >= 0.3 is 0 Å². The van der Waals surface area contributed by atoms with E-state index in [2.05, 4.69) is 27.4 Å². The molecule has 112 valence electrons. The third-order valence-corrected chi connectivity index (χ3v) is 5.23. The van der Waals surface area contributed by atoms with Gasteiger partial charge in [-0.25, -0.2) is 4.98 Å². The Morgan fingerprint density at radius 1 is 1.32 bits per heavy atom. The fourth-order valence-electron chi connectivity index (χ4n) is 3.04. The Hall–Kier alpha value is -1.85. The van der Waals surface area contributed by atoms with Crippen molar-refractivity contribution in [3.8, 4) is 0 Å². The van der Waals surface area contributed by atoms with E-state index in [0.717, 1.165) is 45.6 Å². The zero-order valence-corrected chi connectivity index (χ0v) is 13.2. The van der Waals surface area contributed by atoms with Crippen LogP contribution in [0, 0.1) is 6.92 Å². The number of nitrogens with one attached hydrogen (secondary N) is 2. The molecule has 1 aromatic carbocycles. The van der Waals surface area contributed by atoms with Gasteiger partial charge in [0.05, 0.1) is 17.3 Å². The van der Waals surface area contributed by atoms with Gasteiger partial charge in [0.1, 0.15) is 5.69 Å². The molecule has 0 radical (unpaired) electrons. The molecule has 4 rings (SSSR count). The van der Waals surface area contributed by atoms with E-state index < -0.39 is 0 Å². The van der Waals surface area contributed by atoms with Crippen molar-refractivity contribution in [1.82, 2.24) is 15.3 Å². The quantitative estimate of drug-likeness (QED) is 0.715. The van der Waals surface area contributed by atoms with Crippen LogP contribution in [0.3, 0.4) is 0 Å². The second kappa shape index (κ2) is 5.41. The van der Waals surface area contributed by atoms with E-state index in [1.54, 1.807) is 0 Å². The molecule has 2 aromatic heterocycles. The molecule has 0 saturated carbocycles. The van der Waals surface area contributed by atoms with E-state index in [-0.39, 0.29) is 11.8 Å². The number of hydrogen-bond donors (Lipinski definition) is 2. The van der Waals surface area contributed by atoms with Crippen molar-refractivity contribution in [3.05, 3.63) is 41.7 Å². The number of H-pyrrole nitrogens is 1. The molecule has 0 bridgehead atoms. The standard InChI is InChI=1S/C17H17N3OS/c1-10-16-12(11-4-2-3-5-13(11)20-16)8-14(19-10)17(21)15-9-22-7-6-18-15/h2-5,8,15,18,20H,6-7,9H2,1H3. The van der Waals surface area contributed by atoms with E-state index in [1.807, 2.05) is 36.9 Å². The molecule has 1 fully saturated rings. The largest absolute Gasteiger partial charge is 0.353 e. The highest BCUT2D eigenvalue weighted by molar-refractivity contribution is 7.99. The SMILES string of the molecule is Cc1nc(C(=O)C2CSCCN2)cc2c1[nH]c1ccccc12. The molecular formula is C17H17N3OS. The van der Waals surface area contributed by atoms with Gasteiger partial charge in [-0.15, -0.1) is 0 Å². The molecule has 4 nitrogen and oxygen atoms in total. The first kappa shape index (κ1) is 13.8. The Balaban J connectivity index is 1.84. The Kier molecular flexibility index (Phi) is 3.39. The van der Waals surface area contributed by atoms with Gasteiger partial charge in [0.15, 0.2) is 5.78 Å². The number of carbonyl (C=O) groups is 1. The monoisotopic (exact) mass is 311 g/mol. The van der Waals surface area contributed by atoms with Crippen LogP contribution in [0.15, 0.2) is 30.3 Å². The van der Waals surface area contributed by atoms with Crippen molar-refractivity contribution < 1.29 is 4.79 Å². The Bertz CT molecular complexity index is 865. The lowest BCUT2D eigenvalue weighted by molar-refractivity contribution is 0.0948.